The lowest BCUT2D eigenvalue weighted by molar-refractivity contribution is 0.478. The van der Waals surface area contributed by atoms with Crippen LogP contribution in [0.3, 0.4) is 0 Å². The second-order valence-corrected chi connectivity index (χ2v) is 5.12. The van der Waals surface area contributed by atoms with Gasteiger partial charge in [-0.15, -0.1) is 0 Å². The molecule has 1 aromatic carbocycles. The van der Waals surface area contributed by atoms with Crippen LogP contribution in [0.1, 0.15) is 19.9 Å². The summed E-state index contributed by atoms with van der Waals surface area (Å²) in [4.78, 5) is 8.32. The molecule has 0 fully saturated rings. The van der Waals surface area contributed by atoms with Gasteiger partial charge in [-0.2, -0.15) is 5.10 Å². The monoisotopic (exact) mass is 284 g/mol. The summed E-state index contributed by atoms with van der Waals surface area (Å²) in [7, 11) is 0. The number of phenolic OH excluding ortho intramolecular Hbond substituents is 1. The molecule has 5 N–H and O–H groups in total. The first-order valence-electron chi connectivity index (χ1n) is 6.56. The summed E-state index contributed by atoms with van der Waals surface area (Å²) in [6.45, 7) is 4.03. The molecular formula is C14H16N6O. The molecule has 0 saturated carbocycles. The molecule has 2 heterocycles. The van der Waals surface area contributed by atoms with Gasteiger partial charge < -0.3 is 16.6 Å². The van der Waals surface area contributed by atoms with Gasteiger partial charge in [-0.05, 0) is 32.0 Å². The van der Waals surface area contributed by atoms with Crippen molar-refractivity contribution in [3.63, 3.8) is 0 Å². The molecule has 2 aromatic heterocycles. The molecule has 108 valence electrons. The second kappa shape index (κ2) is 4.62. The predicted molar refractivity (Wildman–Crippen MR) is 81.6 cm³/mol. The third kappa shape index (κ3) is 2.03. The lowest BCUT2D eigenvalue weighted by Crippen LogP contribution is -2.04. The van der Waals surface area contributed by atoms with E-state index in [0.29, 0.717) is 22.5 Å². The van der Waals surface area contributed by atoms with Crippen LogP contribution in [0.25, 0.3) is 22.3 Å². The van der Waals surface area contributed by atoms with E-state index in [1.165, 1.54) is 12.4 Å². The van der Waals surface area contributed by atoms with Crippen molar-refractivity contribution in [2.45, 2.75) is 19.9 Å². The topological polar surface area (TPSA) is 116 Å². The van der Waals surface area contributed by atoms with E-state index in [9.17, 15) is 5.11 Å². The van der Waals surface area contributed by atoms with Crippen LogP contribution in [-0.4, -0.2) is 24.9 Å². The Morgan fingerprint density at radius 2 is 1.95 bits per heavy atom. The van der Waals surface area contributed by atoms with Gasteiger partial charge in [0.2, 0.25) is 0 Å². The third-order valence-corrected chi connectivity index (χ3v) is 3.31. The molecule has 0 bridgehead atoms. The molecule has 0 aliphatic carbocycles. The summed E-state index contributed by atoms with van der Waals surface area (Å²) < 4.78 is 1.80. The highest BCUT2D eigenvalue weighted by Crippen LogP contribution is 2.34. The number of aromatic hydroxyl groups is 1. The smallest absolute Gasteiger partial charge is 0.164 e. The summed E-state index contributed by atoms with van der Waals surface area (Å²) >= 11 is 0. The molecule has 7 heteroatoms. The van der Waals surface area contributed by atoms with Gasteiger partial charge in [0.15, 0.2) is 5.65 Å². The Bertz CT molecular complexity index is 824. The number of fused-ring (bicyclic) bond motifs is 1. The van der Waals surface area contributed by atoms with Gasteiger partial charge in [0, 0.05) is 11.6 Å². The first kappa shape index (κ1) is 13.2. The lowest BCUT2D eigenvalue weighted by Gasteiger charge is -2.05. The van der Waals surface area contributed by atoms with Crippen LogP contribution in [0.15, 0.2) is 24.5 Å². The molecule has 21 heavy (non-hydrogen) atoms. The minimum Gasteiger partial charge on any atom is -0.506 e. The minimum atomic E-state index is 0.0376. The summed E-state index contributed by atoms with van der Waals surface area (Å²) in [6, 6.07) is 5.06. The number of nitrogen functional groups attached to an aromatic ring is 2. The van der Waals surface area contributed by atoms with E-state index < -0.39 is 0 Å². The minimum absolute atomic E-state index is 0.0376. The van der Waals surface area contributed by atoms with Crippen LogP contribution in [0, 0.1) is 0 Å². The van der Waals surface area contributed by atoms with Crippen molar-refractivity contribution in [1.29, 1.82) is 0 Å². The Morgan fingerprint density at radius 3 is 2.62 bits per heavy atom. The van der Waals surface area contributed by atoms with Crippen molar-refractivity contribution >= 4 is 22.5 Å². The summed E-state index contributed by atoms with van der Waals surface area (Å²) in [6.07, 6.45) is 1.42. The standard InChI is InChI=1S/C14H16N6O/c1-7(2)20-14-11(13(16)17-6-18-14)12(19-20)8-3-4-10(21)9(15)5-8/h3-7,21H,15H2,1-2H3,(H2,16,17,18). The summed E-state index contributed by atoms with van der Waals surface area (Å²) in [5, 5.41) is 14.8. The van der Waals surface area contributed by atoms with Crippen LogP contribution in [0.5, 0.6) is 5.75 Å². The Hall–Kier alpha value is -2.83. The molecule has 0 amide bonds. The van der Waals surface area contributed by atoms with E-state index in [1.54, 1.807) is 16.8 Å². The van der Waals surface area contributed by atoms with E-state index in [2.05, 4.69) is 15.1 Å². The normalized spacial score (nSPS) is 11.4. The number of benzene rings is 1. The average Bonchev–Trinajstić information content (AvgIpc) is 2.83. The summed E-state index contributed by atoms with van der Waals surface area (Å²) in [5.41, 5.74) is 14.1. The SMILES string of the molecule is CC(C)n1nc(-c2ccc(O)c(N)c2)c2c(N)ncnc21. The van der Waals surface area contributed by atoms with Gasteiger partial charge >= 0.3 is 0 Å². The zero-order valence-electron chi connectivity index (χ0n) is 11.8. The lowest BCUT2D eigenvalue weighted by atomic mass is 10.1. The van der Waals surface area contributed by atoms with Crippen LogP contribution >= 0.6 is 0 Å². The van der Waals surface area contributed by atoms with Crippen molar-refractivity contribution in [3.8, 4) is 17.0 Å². The van der Waals surface area contributed by atoms with Gasteiger partial charge in [0.1, 0.15) is 23.6 Å². The summed E-state index contributed by atoms with van der Waals surface area (Å²) in [5.74, 6) is 0.407. The molecule has 0 aliphatic rings. The third-order valence-electron chi connectivity index (χ3n) is 3.31. The second-order valence-electron chi connectivity index (χ2n) is 5.12. The van der Waals surface area contributed by atoms with Crippen LogP contribution < -0.4 is 11.5 Å². The van der Waals surface area contributed by atoms with E-state index in [-0.39, 0.29) is 17.5 Å². The molecular weight excluding hydrogens is 268 g/mol. The maximum Gasteiger partial charge on any atom is 0.164 e. The quantitative estimate of drug-likeness (QED) is 0.489. The fourth-order valence-corrected chi connectivity index (χ4v) is 2.26. The highest BCUT2D eigenvalue weighted by Gasteiger charge is 2.18. The molecule has 0 radical (unpaired) electrons. The highest BCUT2D eigenvalue weighted by molar-refractivity contribution is 5.98. The molecule has 0 unspecified atom stereocenters. The van der Waals surface area contributed by atoms with Gasteiger partial charge in [-0.3, -0.25) is 0 Å². The first-order valence-corrected chi connectivity index (χ1v) is 6.56. The fraction of sp³-hybridized carbons (Fsp3) is 0.214. The van der Waals surface area contributed by atoms with Crippen molar-refractivity contribution in [3.05, 3.63) is 24.5 Å². The number of nitrogens with two attached hydrogens (primary N) is 2. The first-order chi connectivity index (χ1) is 9.99. The van der Waals surface area contributed by atoms with E-state index in [1.807, 2.05) is 13.8 Å². The molecule has 3 rings (SSSR count). The Balaban J connectivity index is 2.34. The number of nitrogens with zero attached hydrogens (tertiary/aromatic N) is 4. The van der Waals surface area contributed by atoms with Gasteiger partial charge in [0.25, 0.3) is 0 Å². The van der Waals surface area contributed by atoms with E-state index in [4.69, 9.17) is 11.5 Å². The number of hydrogen-bond donors (Lipinski definition) is 3. The molecule has 0 atom stereocenters. The van der Waals surface area contributed by atoms with E-state index >= 15 is 0 Å². The molecule has 0 aliphatic heterocycles. The fourth-order valence-electron chi connectivity index (χ4n) is 2.26. The molecule has 3 aromatic rings. The van der Waals surface area contributed by atoms with Crippen molar-refractivity contribution in [2.75, 3.05) is 11.5 Å². The molecule has 0 saturated heterocycles. The number of rotatable bonds is 2. The maximum atomic E-state index is 9.55. The zero-order valence-corrected chi connectivity index (χ0v) is 11.8. The number of hydrogen-bond acceptors (Lipinski definition) is 6. The number of anilines is 2. The largest absolute Gasteiger partial charge is 0.506 e. The van der Waals surface area contributed by atoms with Gasteiger partial charge in [-0.1, -0.05) is 0 Å². The number of aromatic nitrogens is 4. The van der Waals surface area contributed by atoms with Gasteiger partial charge in [-0.25, -0.2) is 14.6 Å². The number of phenols is 1. The van der Waals surface area contributed by atoms with Crippen LogP contribution in [-0.2, 0) is 0 Å². The predicted octanol–water partition coefficient (Wildman–Crippen LogP) is 1.94. The van der Waals surface area contributed by atoms with Crippen LogP contribution in [0.4, 0.5) is 11.5 Å². The van der Waals surface area contributed by atoms with Gasteiger partial charge in [0.05, 0.1) is 11.1 Å². The van der Waals surface area contributed by atoms with Crippen molar-refractivity contribution in [1.82, 2.24) is 19.7 Å². The maximum absolute atomic E-state index is 9.55. The van der Waals surface area contributed by atoms with Crippen molar-refractivity contribution < 1.29 is 5.11 Å². The zero-order chi connectivity index (χ0) is 15.1. The Morgan fingerprint density at radius 1 is 1.19 bits per heavy atom. The van der Waals surface area contributed by atoms with Crippen LogP contribution in [0.2, 0.25) is 0 Å². The Labute approximate surface area is 121 Å². The highest BCUT2D eigenvalue weighted by atomic mass is 16.3. The van der Waals surface area contributed by atoms with E-state index in [0.717, 1.165) is 5.56 Å². The molecule has 7 nitrogen and oxygen atoms in total. The Kier molecular flexibility index (Phi) is 2.90. The van der Waals surface area contributed by atoms with Crippen molar-refractivity contribution in [2.24, 2.45) is 0 Å². The average molecular weight is 284 g/mol. The molecule has 0 spiro atoms.